The van der Waals surface area contributed by atoms with Gasteiger partial charge in [-0.05, 0) is 12.8 Å². The van der Waals surface area contributed by atoms with E-state index in [-0.39, 0.29) is 0 Å². The summed E-state index contributed by atoms with van der Waals surface area (Å²) in [6.45, 7) is 6.27. The minimum atomic E-state index is 1.17. The lowest BCUT2D eigenvalue weighted by Gasteiger charge is -2.15. The Hall–Kier alpha value is -0.460. The van der Waals surface area contributed by atoms with Crippen molar-refractivity contribution in [2.45, 2.75) is 51.9 Å². The van der Waals surface area contributed by atoms with Gasteiger partial charge in [0.1, 0.15) is 0 Å². The van der Waals surface area contributed by atoms with Gasteiger partial charge in [-0.15, -0.1) is 0 Å². The number of nitrogens with zero attached hydrogens (tertiary/aromatic N) is 1. The molecule has 0 bridgehead atoms. The van der Waals surface area contributed by atoms with Crippen molar-refractivity contribution in [3.8, 4) is 0 Å². The summed E-state index contributed by atoms with van der Waals surface area (Å²) in [5.74, 6) is 0. The Labute approximate surface area is 83.8 Å². The van der Waals surface area contributed by atoms with Crippen molar-refractivity contribution in [3.05, 3.63) is 12.3 Å². The van der Waals surface area contributed by atoms with Crippen LogP contribution >= 0.6 is 0 Å². The van der Waals surface area contributed by atoms with Gasteiger partial charge in [-0.3, -0.25) is 0 Å². The molecule has 0 aliphatic rings. The van der Waals surface area contributed by atoms with Gasteiger partial charge in [0.25, 0.3) is 0 Å². The van der Waals surface area contributed by atoms with Crippen molar-refractivity contribution < 1.29 is 0 Å². The van der Waals surface area contributed by atoms with Gasteiger partial charge in [0.15, 0.2) is 0 Å². The highest BCUT2D eigenvalue weighted by Crippen LogP contribution is 2.11. The van der Waals surface area contributed by atoms with Crippen LogP contribution in [0, 0.1) is 0 Å². The lowest BCUT2D eigenvalue weighted by Crippen LogP contribution is -2.09. The Kier molecular flexibility index (Phi) is 7.86. The summed E-state index contributed by atoms with van der Waals surface area (Å²) in [5.41, 5.74) is 1.26. The molecule has 0 saturated heterocycles. The van der Waals surface area contributed by atoms with E-state index in [9.17, 15) is 0 Å². The monoisotopic (exact) mass is 183 g/mol. The second-order valence-electron chi connectivity index (χ2n) is 3.98. The molecule has 78 valence electrons. The summed E-state index contributed by atoms with van der Waals surface area (Å²) in [6, 6.07) is 0. The first-order valence-corrected chi connectivity index (χ1v) is 5.53. The maximum absolute atomic E-state index is 4.01. The van der Waals surface area contributed by atoms with Crippen LogP contribution in [0.3, 0.4) is 0 Å². The minimum Gasteiger partial charge on any atom is -0.381 e. The Bertz CT molecular complexity index is 127. The van der Waals surface area contributed by atoms with E-state index < -0.39 is 0 Å². The number of allylic oxidation sites excluding steroid dienone is 1. The zero-order valence-electron chi connectivity index (χ0n) is 9.60. The SMILES string of the molecule is C=C(CCCCCCCC)N(C)C. The van der Waals surface area contributed by atoms with Crippen molar-refractivity contribution >= 4 is 0 Å². The molecule has 0 unspecified atom stereocenters. The molecule has 0 radical (unpaired) electrons. The summed E-state index contributed by atoms with van der Waals surface area (Å²) in [6.07, 6.45) is 9.38. The first kappa shape index (κ1) is 12.5. The van der Waals surface area contributed by atoms with Gasteiger partial charge in [0.2, 0.25) is 0 Å². The molecule has 0 amide bonds. The molecule has 0 fully saturated rings. The third kappa shape index (κ3) is 7.89. The normalized spacial score (nSPS) is 10.1. The topological polar surface area (TPSA) is 3.24 Å². The Morgan fingerprint density at radius 1 is 1.00 bits per heavy atom. The maximum atomic E-state index is 4.01. The van der Waals surface area contributed by atoms with Crippen LogP contribution in [-0.4, -0.2) is 19.0 Å². The van der Waals surface area contributed by atoms with Gasteiger partial charge in [0, 0.05) is 19.8 Å². The molecule has 1 heteroatoms. The predicted octanol–water partition coefficient (Wildman–Crippen LogP) is 3.81. The van der Waals surface area contributed by atoms with Gasteiger partial charge in [-0.25, -0.2) is 0 Å². The van der Waals surface area contributed by atoms with E-state index in [4.69, 9.17) is 0 Å². The molecule has 0 aliphatic carbocycles. The minimum absolute atomic E-state index is 1.17. The molecular weight excluding hydrogens is 158 g/mol. The van der Waals surface area contributed by atoms with Crippen LogP contribution in [0.15, 0.2) is 12.3 Å². The third-order valence-electron chi connectivity index (χ3n) is 2.45. The van der Waals surface area contributed by atoms with Crippen LogP contribution in [-0.2, 0) is 0 Å². The molecule has 0 atom stereocenters. The van der Waals surface area contributed by atoms with E-state index in [0.29, 0.717) is 0 Å². The fourth-order valence-electron chi connectivity index (χ4n) is 1.33. The average Bonchev–Trinajstić information content (AvgIpc) is 2.10. The van der Waals surface area contributed by atoms with E-state index in [1.807, 2.05) is 0 Å². The molecule has 0 heterocycles. The first-order chi connectivity index (χ1) is 6.18. The van der Waals surface area contributed by atoms with Crippen LogP contribution in [0.2, 0.25) is 0 Å². The van der Waals surface area contributed by atoms with Gasteiger partial charge in [-0.1, -0.05) is 45.6 Å². The van der Waals surface area contributed by atoms with Gasteiger partial charge >= 0.3 is 0 Å². The molecule has 0 aromatic carbocycles. The van der Waals surface area contributed by atoms with Crippen LogP contribution in [0.1, 0.15) is 51.9 Å². The molecule has 13 heavy (non-hydrogen) atoms. The fraction of sp³-hybridized carbons (Fsp3) is 0.833. The molecule has 0 aromatic heterocycles. The van der Waals surface area contributed by atoms with E-state index in [0.717, 1.165) is 0 Å². The summed E-state index contributed by atoms with van der Waals surface area (Å²) in [5, 5.41) is 0. The highest BCUT2D eigenvalue weighted by molar-refractivity contribution is 4.89. The van der Waals surface area contributed by atoms with Crippen LogP contribution in [0.5, 0.6) is 0 Å². The smallest absolute Gasteiger partial charge is 0.00579 e. The molecule has 0 rings (SSSR count). The van der Waals surface area contributed by atoms with E-state index in [1.165, 1.54) is 50.6 Å². The Balaban J connectivity index is 3.12. The number of rotatable bonds is 8. The molecule has 0 aromatic rings. The summed E-state index contributed by atoms with van der Waals surface area (Å²) in [4.78, 5) is 2.12. The van der Waals surface area contributed by atoms with Gasteiger partial charge < -0.3 is 4.90 Å². The van der Waals surface area contributed by atoms with Crippen molar-refractivity contribution in [3.63, 3.8) is 0 Å². The molecule has 1 nitrogen and oxygen atoms in total. The standard InChI is InChI=1S/C12H25N/c1-5-6-7-8-9-10-11-12(2)13(3)4/h2,5-11H2,1,3-4H3. The number of hydrogen-bond donors (Lipinski definition) is 0. The molecule has 0 aliphatic heterocycles. The summed E-state index contributed by atoms with van der Waals surface area (Å²) >= 11 is 0. The van der Waals surface area contributed by atoms with Gasteiger partial charge in [-0.2, -0.15) is 0 Å². The second kappa shape index (κ2) is 8.15. The maximum Gasteiger partial charge on any atom is 0.00579 e. The van der Waals surface area contributed by atoms with E-state index in [2.05, 4.69) is 32.5 Å². The summed E-state index contributed by atoms with van der Waals surface area (Å²) < 4.78 is 0. The van der Waals surface area contributed by atoms with Crippen molar-refractivity contribution in [1.82, 2.24) is 4.90 Å². The van der Waals surface area contributed by atoms with Crippen LogP contribution < -0.4 is 0 Å². The summed E-state index contributed by atoms with van der Waals surface area (Å²) in [7, 11) is 4.14. The number of hydrogen-bond acceptors (Lipinski definition) is 1. The van der Waals surface area contributed by atoms with E-state index in [1.54, 1.807) is 0 Å². The zero-order valence-corrected chi connectivity index (χ0v) is 9.60. The molecule has 0 spiro atoms. The first-order valence-electron chi connectivity index (χ1n) is 5.53. The average molecular weight is 183 g/mol. The highest BCUT2D eigenvalue weighted by Gasteiger charge is 1.95. The second-order valence-corrected chi connectivity index (χ2v) is 3.98. The highest BCUT2D eigenvalue weighted by atomic mass is 15.1. The quantitative estimate of drug-likeness (QED) is 0.517. The fourth-order valence-corrected chi connectivity index (χ4v) is 1.33. The Morgan fingerprint density at radius 2 is 1.54 bits per heavy atom. The van der Waals surface area contributed by atoms with Crippen molar-refractivity contribution in [2.24, 2.45) is 0 Å². The van der Waals surface area contributed by atoms with Crippen LogP contribution in [0.4, 0.5) is 0 Å². The predicted molar refractivity (Wildman–Crippen MR) is 60.8 cm³/mol. The molecule has 0 saturated carbocycles. The number of unbranched alkanes of at least 4 members (excludes halogenated alkanes) is 5. The third-order valence-corrected chi connectivity index (χ3v) is 2.45. The van der Waals surface area contributed by atoms with E-state index >= 15 is 0 Å². The Morgan fingerprint density at radius 3 is 2.08 bits per heavy atom. The van der Waals surface area contributed by atoms with Gasteiger partial charge in [0.05, 0.1) is 0 Å². The largest absolute Gasteiger partial charge is 0.381 e. The lowest BCUT2D eigenvalue weighted by molar-refractivity contribution is 0.474. The van der Waals surface area contributed by atoms with Crippen LogP contribution in [0.25, 0.3) is 0 Å². The molecular formula is C12H25N. The van der Waals surface area contributed by atoms with Crippen molar-refractivity contribution in [1.29, 1.82) is 0 Å². The lowest BCUT2D eigenvalue weighted by atomic mass is 10.1. The van der Waals surface area contributed by atoms with Crippen molar-refractivity contribution in [2.75, 3.05) is 14.1 Å². The zero-order chi connectivity index (χ0) is 10.1. The molecule has 0 N–H and O–H groups in total.